The third kappa shape index (κ3) is 2.30. The van der Waals surface area contributed by atoms with E-state index in [0.29, 0.717) is 17.3 Å². The molecular weight excluding hydrogens is 322 g/mol. The van der Waals surface area contributed by atoms with Crippen LogP contribution in [-0.4, -0.2) is 24.8 Å². The second kappa shape index (κ2) is 5.36. The molecule has 0 N–H and O–H groups in total. The number of nitrogens with zero attached hydrogens (tertiary/aromatic N) is 5. The van der Waals surface area contributed by atoms with Crippen molar-refractivity contribution in [2.75, 3.05) is 0 Å². The molecule has 0 unspecified atom stereocenters. The van der Waals surface area contributed by atoms with Crippen molar-refractivity contribution in [1.82, 2.24) is 24.8 Å². The van der Waals surface area contributed by atoms with Crippen LogP contribution in [0, 0.1) is 0 Å². The van der Waals surface area contributed by atoms with Crippen molar-refractivity contribution in [2.45, 2.75) is 0 Å². The Morgan fingerprint density at radius 2 is 2.00 bits per heavy atom. The summed E-state index contributed by atoms with van der Waals surface area (Å²) >= 11 is 7.46. The van der Waals surface area contributed by atoms with Crippen LogP contribution >= 0.6 is 22.9 Å². The van der Waals surface area contributed by atoms with Gasteiger partial charge < -0.3 is 4.74 Å². The largest absolute Gasteiger partial charge is 0.437 e. The maximum Gasteiger partial charge on any atom is 0.246 e. The van der Waals surface area contributed by atoms with E-state index in [1.807, 2.05) is 29.6 Å². The Kier molecular flexibility index (Phi) is 3.21. The fraction of sp³-hybridized carbons (Fsp3) is 0. The summed E-state index contributed by atoms with van der Waals surface area (Å²) in [5, 5.41) is 14.1. The third-order valence-electron chi connectivity index (χ3n) is 3.01. The summed E-state index contributed by atoms with van der Waals surface area (Å²) in [5.74, 6) is 1.07. The van der Waals surface area contributed by atoms with Crippen LogP contribution in [0.15, 0.2) is 47.3 Å². The summed E-state index contributed by atoms with van der Waals surface area (Å²) in [5.41, 5.74) is 4.11. The average molecular weight is 330 g/mol. The quantitative estimate of drug-likeness (QED) is 0.573. The summed E-state index contributed by atoms with van der Waals surface area (Å²) in [6.07, 6.45) is 0. The first kappa shape index (κ1) is 13.2. The van der Waals surface area contributed by atoms with E-state index in [4.69, 9.17) is 16.3 Å². The second-order valence-corrected chi connectivity index (χ2v) is 5.44. The monoisotopic (exact) mass is 329 g/mol. The van der Waals surface area contributed by atoms with Gasteiger partial charge in [-0.25, -0.2) is 4.98 Å². The van der Waals surface area contributed by atoms with Crippen LogP contribution in [0.1, 0.15) is 0 Å². The van der Waals surface area contributed by atoms with Gasteiger partial charge in [0.05, 0.1) is 11.2 Å². The number of hydrogen-bond acceptors (Lipinski definition) is 6. The highest BCUT2D eigenvalue weighted by atomic mass is 35.5. The van der Waals surface area contributed by atoms with Gasteiger partial charge in [0.1, 0.15) is 5.75 Å². The predicted octanol–water partition coefficient (Wildman–Crippen LogP) is 3.69. The molecule has 0 aliphatic rings. The lowest BCUT2D eigenvalue weighted by Crippen LogP contribution is -1.96. The van der Waals surface area contributed by atoms with Crippen molar-refractivity contribution >= 4 is 28.6 Å². The number of ether oxygens (including phenoxy) is 1. The maximum absolute atomic E-state index is 5.92. The van der Waals surface area contributed by atoms with Crippen LogP contribution in [0.2, 0.25) is 5.28 Å². The number of halogens is 1. The van der Waals surface area contributed by atoms with E-state index in [0.717, 1.165) is 11.3 Å². The molecule has 4 rings (SSSR count). The number of para-hydroxylation sites is 1. The first-order valence-corrected chi connectivity index (χ1v) is 7.67. The molecule has 22 heavy (non-hydrogen) atoms. The normalized spacial score (nSPS) is 11.0. The van der Waals surface area contributed by atoms with Crippen molar-refractivity contribution < 1.29 is 4.74 Å². The SMILES string of the molecule is Clc1nnc2ccc(Oc3ccccc3-c3cscn3)nn12. The van der Waals surface area contributed by atoms with Crippen LogP contribution in [-0.2, 0) is 0 Å². The molecule has 0 atom stereocenters. The number of hydrogen-bond donors (Lipinski definition) is 0. The van der Waals surface area contributed by atoms with E-state index >= 15 is 0 Å². The van der Waals surface area contributed by atoms with Crippen LogP contribution in [0.4, 0.5) is 0 Å². The van der Waals surface area contributed by atoms with Crippen molar-refractivity contribution in [3.05, 3.63) is 52.6 Å². The number of fused-ring (bicyclic) bond motifs is 1. The summed E-state index contributed by atoms with van der Waals surface area (Å²) < 4.78 is 7.30. The smallest absolute Gasteiger partial charge is 0.246 e. The minimum absolute atomic E-state index is 0.188. The first-order chi connectivity index (χ1) is 10.8. The minimum Gasteiger partial charge on any atom is -0.437 e. The molecule has 0 bridgehead atoms. The summed E-state index contributed by atoms with van der Waals surface area (Å²) in [7, 11) is 0. The third-order valence-corrected chi connectivity index (χ3v) is 3.83. The van der Waals surface area contributed by atoms with E-state index in [1.54, 1.807) is 17.6 Å². The van der Waals surface area contributed by atoms with Gasteiger partial charge in [0.15, 0.2) is 5.65 Å². The van der Waals surface area contributed by atoms with Gasteiger partial charge in [0.25, 0.3) is 0 Å². The molecule has 3 aromatic heterocycles. The zero-order valence-corrected chi connectivity index (χ0v) is 12.6. The lowest BCUT2D eigenvalue weighted by Gasteiger charge is -2.08. The number of benzene rings is 1. The van der Waals surface area contributed by atoms with Gasteiger partial charge in [-0.3, -0.25) is 0 Å². The van der Waals surface area contributed by atoms with E-state index in [1.165, 1.54) is 15.9 Å². The topological polar surface area (TPSA) is 65.2 Å². The van der Waals surface area contributed by atoms with Gasteiger partial charge in [-0.1, -0.05) is 12.1 Å². The van der Waals surface area contributed by atoms with Gasteiger partial charge in [0.2, 0.25) is 11.2 Å². The molecule has 1 aromatic carbocycles. The highest BCUT2D eigenvalue weighted by molar-refractivity contribution is 7.07. The highest BCUT2D eigenvalue weighted by Gasteiger charge is 2.11. The van der Waals surface area contributed by atoms with Crippen molar-refractivity contribution in [3.63, 3.8) is 0 Å². The van der Waals surface area contributed by atoms with Crippen LogP contribution in [0.5, 0.6) is 11.6 Å². The Bertz CT molecular complexity index is 937. The zero-order chi connectivity index (χ0) is 14.9. The van der Waals surface area contributed by atoms with E-state index < -0.39 is 0 Å². The highest BCUT2D eigenvalue weighted by Crippen LogP contribution is 2.32. The molecule has 8 heteroatoms. The summed E-state index contributed by atoms with van der Waals surface area (Å²) in [6, 6.07) is 11.1. The molecule has 3 heterocycles. The van der Waals surface area contributed by atoms with Crippen LogP contribution in [0.3, 0.4) is 0 Å². The van der Waals surface area contributed by atoms with Crippen LogP contribution < -0.4 is 4.74 Å². The van der Waals surface area contributed by atoms with Gasteiger partial charge in [0, 0.05) is 17.0 Å². The Balaban J connectivity index is 1.75. The van der Waals surface area contributed by atoms with Crippen molar-refractivity contribution in [2.24, 2.45) is 0 Å². The van der Waals surface area contributed by atoms with E-state index in [-0.39, 0.29) is 5.28 Å². The van der Waals surface area contributed by atoms with Crippen molar-refractivity contribution in [1.29, 1.82) is 0 Å². The van der Waals surface area contributed by atoms with Gasteiger partial charge in [-0.05, 0) is 29.8 Å². The number of rotatable bonds is 3. The average Bonchev–Trinajstić information content (AvgIpc) is 3.19. The molecule has 0 spiro atoms. The molecule has 0 amide bonds. The first-order valence-electron chi connectivity index (χ1n) is 6.35. The number of aromatic nitrogens is 5. The standard InChI is InChI=1S/C14H8ClN5OS/c15-14-18-17-12-5-6-13(19-20(12)14)21-11-4-2-1-3-9(11)10-7-22-8-16-10/h1-8H. The molecule has 4 aromatic rings. The second-order valence-electron chi connectivity index (χ2n) is 4.38. The molecule has 0 saturated heterocycles. The fourth-order valence-electron chi connectivity index (χ4n) is 2.03. The molecule has 0 aliphatic heterocycles. The van der Waals surface area contributed by atoms with Gasteiger partial charge in [-0.15, -0.1) is 26.6 Å². The molecule has 6 nitrogen and oxygen atoms in total. The van der Waals surface area contributed by atoms with E-state index in [9.17, 15) is 0 Å². The Labute approximate surface area is 134 Å². The Hall–Kier alpha value is -2.51. The summed E-state index contributed by atoms with van der Waals surface area (Å²) in [6.45, 7) is 0. The lowest BCUT2D eigenvalue weighted by atomic mass is 10.1. The van der Waals surface area contributed by atoms with Gasteiger partial charge in [-0.2, -0.15) is 4.52 Å². The molecule has 0 saturated carbocycles. The van der Waals surface area contributed by atoms with Gasteiger partial charge >= 0.3 is 0 Å². The molecule has 108 valence electrons. The lowest BCUT2D eigenvalue weighted by molar-refractivity contribution is 0.454. The van der Waals surface area contributed by atoms with Crippen molar-refractivity contribution in [3.8, 4) is 22.9 Å². The van der Waals surface area contributed by atoms with Crippen LogP contribution in [0.25, 0.3) is 16.9 Å². The molecule has 0 aliphatic carbocycles. The number of thiazole rings is 1. The Morgan fingerprint density at radius 1 is 1.09 bits per heavy atom. The molecular formula is C14H8ClN5OS. The zero-order valence-electron chi connectivity index (χ0n) is 11.0. The summed E-state index contributed by atoms with van der Waals surface area (Å²) in [4.78, 5) is 4.32. The fourth-order valence-corrected chi connectivity index (χ4v) is 2.74. The predicted molar refractivity (Wildman–Crippen MR) is 83.4 cm³/mol. The molecule has 0 radical (unpaired) electrons. The maximum atomic E-state index is 5.92. The molecule has 0 fully saturated rings. The van der Waals surface area contributed by atoms with E-state index in [2.05, 4.69) is 20.3 Å². The Morgan fingerprint density at radius 3 is 2.86 bits per heavy atom. The minimum atomic E-state index is 0.188.